The Labute approximate surface area is 137 Å². The lowest BCUT2D eigenvalue weighted by Crippen LogP contribution is -2.20. The van der Waals surface area contributed by atoms with Crippen molar-refractivity contribution in [3.05, 3.63) is 76.1 Å². The molecule has 8 heteroatoms. The molecule has 1 aliphatic carbocycles. The molecule has 0 saturated carbocycles. The molecule has 0 spiro atoms. The van der Waals surface area contributed by atoms with E-state index >= 15 is 0 Å². The van der Waals surface area contributed by atoms with Gasteiger partial charge in [-0.3, -0.25) is 14.6 Å². The highest BCUT2D eigenvalue weighted by atomic mass is 19.4. The number of hydrogen-bond donors (Lipinski definition) is 0. The smallest absolute Gasteiger partial charge is 0.289 e. The summed E-state index contributed by atoms with van der Waals surface area (Å²) in [5.74, 6) is -3.73. The summed E-state index contributed by atoms with van der Waals surface area (Å²) in [6.45, 7) is 0. The summed E-state index contributed by atoms with van der Waals surface area (Å²) in [5, 5.41) is 0. The predicted octanol–water partition coefficient (Wildman–Crippen LogP) is 3.93. The lowest BCUT2D eigenvalue weighted by molar-refractivity contribution is -0.137. The van der Waals surface area contributed by atoms with Gasteiger partial charge in [0.05, 0.1) is 11.1 Å². The van der Waals surface area contributed by atoms with Crippen LogP contribution in [0.25, 0.3) is 0 Å². The Morgan fingerprint density at radius 1 is 1.04 bits per heavy atom. The molecule has 0 fully saturated rings. The van der Waals surface area contributed by atoms with Crippen LogP contribution in [0.3, 0.4) is 0 Å². The number of Topliss-reactive ketones (excluding diaryl/α,β-unsaturated/α-hetero) is 1. The van der Waals surface area contributed by atoms with Crippen LogP contribution in [0, 0.1) is 11.6 Å². The van der Waals surface area contributed by atoms with Crippen molar-refractivity contribution in [1.29, 1.82) is 0 Å². The molecule has 0 amide bonds. The van der Waals surface area contributed by atoms with E-state index in [4.69, 9.17) is 0 Å². The number of carbonyl (C=O) groups excluding carboxylic acids is 2. The fourth-order valence-corrected chi connectivity index (χ4v) is 2.50. The molecule has 25 heavy (non-hydrogen) atoms. The van der Waals surface area contributed by atoms with Crippen LogP contribution in [-0.4, -0.2) is 16.6 Å². The molecule has 128 valence electrons. The number of rotatable bonds is 2. The zero-order chi connectivity index (χ0) is 18.4. The number of benzene rings is 1. The van der Waals surface area contributed by atoms with E-state index in [1.807, 2.05) is 0 Å². The Balaban J connectivity index is 1.92. The van der Waals surface area contributed by atoms with Crippen LogP contribution in [0.1, 0.15) is 32.0 Å². The second-order valence-electron chi connectivity index (χ2n) is 5.39. The maximum Gasteiger partial charge on any atom is 0.417 e. The van der Waals surface area contributed by atoms with E-state index < -0.39 is 46.1 Å². The zero-order valence-corrected chi connectivity index (χ0v) is 12.3. The maximum absolute atomic E-state index is 13.7. The summed E-state index contributed by atoms with van der Waals surface area (Å²) in [7, 11) is 0. The van der Waals surface area contributed by atoms with E-state index in [1.54, 1.807) is 0 Å². The minimum absolute atomic E-state index is 0.102. The molecule has 1 aliphatic rings. The normalized spacial score (nSPS) is 14.4. The first-order valence-electron chi connectivity index (χ1n) is 6.97. The lowest BCUT2D eigenvalue weighted by atomic mass is 9.87. The first-order valence-corrected chi connectivity index (χ1v) is 6.97. The Hall–Kier alpha value is -2.90. The van der Waals surface area contributed by atoms with Crippen LogP contribution in [0.2, 0.25) is 0 Å². The van der Waals surface area contributed by atoms with Crippen LogP contribution in [0.15, 0.2) is 42.1 Å². The van der Waals surface area contributed by atoms with Gasteiger partial charge in [0.25, 0.3) is 0 Å². The monoisotopic (exact) mass is 353 g/mol. The van der Waals surface area contributed by atoms with Gasteiger partial charge in [0.15, 0.2) is 11.6 Å². The van der Waals surface area contributed by atoms with Crippen molar-refractivity contribution >= 4 is 11.6 Å². The van der Waals surface area contributed by atoms with Gasteiger partial charge in [0.1, 0.15) is 11.6 Å². The fourth-order valence-electron chi connectivity index (χ4n) is 2.50. The first-order chi connectivity index (χ1) is 11.7. The third-order valence-electron chi connectivity index (χ3n) is 3.67. The average Bonchev–Trinajstić information content (AvgIpc) is 2.51. The van der Waals surface area contributed by atoms with Crippen molar-refractivity contribution in [3.63, 3.8) is 0 Å². The number of halogens is 5. The second kappa shape index (κ2) is 5.87. The molecule has 0 bridgehead atoms. The lowest BCUT2D eigenvalue weighted by Gasteiger charge is -2.16. The zero-order valence-electron chi connectivity index (χ0n) is 12.3. The molecule has 0 atom stereocenters. The Bertz CT molecular complexity index is 914. The SMILES string of the molecule is O=C1C(Cc2ccc(C(F)(F)F)cn2)=CC(=O)c2c(F)cc(F)cc21. The topological polar surface area (TPSA) is 47.0 Å². The molecule has 0 saturated heterocycles. The van der Waals surface area contributed by atoms with Crippen molar-refractivity contribution in [2.45, 2.75) is 12.6 Å². The molecule has 1 aromatic heterocycles. The van der Waals surface area contributed by atoms with Crippen molar-refractivity contribution in [1.82, 2.24) is 4.98 Å². The molecular weight excluding hydrogens is 345 g/mol. The highest BCUT2D eigenvalue weighted by molar-refractivity contribution is 6.24. The number of fused-ring (bicyclic) bond motifs is 1. The van der Waals surface area contributed by atoms with Gasteiger partial charge in [-0.2, -0.15) is 13.2 Å². The number of nitrogens with zero attached hydrogens (tertiary/aromatic N) is 1. The molecule has 2 aromatic rings. The summed E-state index contributed by atoms with van der Waals surface area (Å²) in [6, 6.07) is 3.13. The molecule has 1 aromatic carbocycles. The highest BCUT2D eigenvalue weighted by Crippen LogP contribution is 2.29. The van der Waals surface area contributed by atoms with Gasteiger partial charge in [-0.1, -0.05) is 0 Å². The van der Waals surface area contributed by atoms with Gasteiger partial charge in [-0.25, -0.2) is 8.78 Å². The predicted molar refractivity (Wildman–Crippen MR) is 76.0 cm³/mol. The second-order valence-corrected chi connectivity index (χ2v) is 5.39. The molecule has 0 N–H and O–H groups in total. The molecule has 0 unspecified atom stereocenters. The number of carbonyl (C=O) groups is 2. The number of pyridine rings is 1. The third kappa shape index (κ3) is 3.19. The number of hydrogen-bond acceptors (Lipinski definition) is 3. The molecule has 3 nitrogen and oxygen atoms in total. The summed E-state index contributed by atoms with van der Waals surface area (Å²) < 4.78 is 64.6. The van der Waals surface area contributed by atoms with Crippen LogP contribution in [0.5, 0.6) is 0 Å². The largest absolute Gasteiger partial charge is 0.417 e. The molecule has 0 radical (unpaired) electrons. The Morgan fingerprint density at radius 3 is 2.36 bits per heavy atom. The maximum atomic E-state index is 13.7. The van der Waals surface area contributed by atoms with Crippen molar-refractivity contribution in [2.75, 3.05) is 0 Å². The quantitative estimate of drug-likeness (QED) is 0.769. The first kappa shape index (κ1) is 16.9. The van der Waals surface area contributed by atoms with Crippen molar-refractivity contribution < 1.29 is 31.5 Å². The van der Waals surface area contributed by atoms with E-state index in [-0.39, 0.29) is 17.7 Å². The summed E-state index contributed by atoms with van der Waals surface area (Å²) in [6.07, 6.45) is -3.28. The molecular formula is C17H8F5NO2. The standard InChI is InChI=1S/C17H8F5NO2/c18-10-5-12-15(13(19)6-10)14(24)4-8(16(12)25)3-11-2-1-9(7-23-11)17(20,21)22/h1-2,4-7H,3H2. The Morgan fingerprint density at radius 2 is 1.76 bits per heavy atom. The van der Waals surface area contributed by atoms with Gasteiger partial charge in [0.2, 0.25) is 0 Å². The van der Waals surface area contributed by atoms with E-state index in [0.717, 1.165) is 24.3 Å². The van der Waals surface area contributed by atoms with E-state index in [9.17, 15) is 31.5 Å². The van der Waals surface area contributed by atoms with Gasteiger partial charge < -0.3 is 0 Å². The average molecular weight is 353 g/mol. The Kier molecular flexibility index (Phi) is 3.98. The molecule has 3 rings (SSSR count). The van der Waals surface area contributed by atoms with Gasteiger partial charge >= 0.3 is 6.18 Å². The molecule has 1 heterocycles. The van der Waals surface area contributed by atoms with Gasteiger partial charge in [-0.05, 0) is 24.3 Å². The van der Waals surface area contributed by atoms with Gasteiger partial charge in [-0.15, -0.1) is 0 Å². The summed E-state index contributed by atoms with van der Waals surface area (Å²) in [5.41, 5.74) is -1.87. The summed E-state index contributed by atoms with van der Waals surface area (Å²) >= 11 is 0. The molecule has 0 aliphatic heterocycles. The van der Waals surface area contributed by atoms with E-state index in [1.165, 1.54) is 0 Å². The van der Waals surface area contributed by atoms with Crippen molar-refractivity contribution in [2.24, 2.45) is 0 Å². The number of allylic oxidation sites excluding steroid dienone is 2. The minimum Gasteiger partial charge on any atom is -0.289 e. The van der Waals surface area contributed by atoms with Crippen LogP contribution in [-0.2, 0) is 12.6 Å². The van der Waals surface area contributed by atoms with Crippen molar-refractivity contribution in [3.8, 4) is 0 Å². The van der Waals surface area contributed by atoms with E-state index in [2.05, 4.69) is 4.98 Å². The van der Waals surface area contributed by atoms with Gasteiger partial charge in [0, 0.05) is 35.5 Å². The van der Waals surface area contributed by atoms with Crippen LogP contribution in [0.4, 0.5) is 22.0 Å². The van der Waals surface area contributed by atoms with E-state index in [0.29, 0.717) is 12.3 Å². The number of alkyl halides is 3. The van der Waals surface area contributed by atoms with Crippen LogP contribution < -0.4 is 0 Å². The highest BCUT2D eigenvalue weighted by Gasteiger charge is 2.32. The number of aromatic nitrogens is 1. The fraction of sp³-hybridized carbons (Fsp3) is 0.118. The summed E-state index contributed by atoms with van der Waals surface area (Å²) in [4.78, 5) is 27.9. The minimum atomic E-state index is -4.55. The van der Waals surface area contributed by atoms with Crippen LogP contribution >= 0.6 is 0 Å². The third-order valence-corrected chi connectivity index (χ3v) is 3.67. The number of ketones is 2.